The van der Waals surface area contributed by atoms with Crippen molar-refractivity contribution in [3.8, 4) is 0 Å². The maximum Gasteiger partial charge on any atom is 0.255 e. The third-order valence-corrected chi connectivity index (χ3v) is 6.52. The molecule has 1 amide bonds. The lowest BCUT2D eigenvalue weighted by Crippen LogP contribution is -2.17. The molecule has 0 saturated heterocycles. The van der Waals surface area contributed by atoms with Crippen LogP contribution in [0.3, 0.4) is 0 Å². The molecule has 0 bridgehead atoms. The molecule has 5 nitrogen and oxygen atoms in total. The van der Waals surface area contributed by atoms with E-state index in [0.29, 0.717) is 11.3 Å². The predicted molar refractivity (Wildman–Crippen MR) is 117 cm³/mol. The lowest BCUT2D eigenvalue weighted by Gasteiger charge is -2.10. The van der Waals surface area contributed by atoms with Gasteiger partial charge in [-0.05, 0) is 86.0 Å². The van der Waals surface area contributed by atoms with Crippen LogP contribution in [0.25, 0.3) is 0 Å². The van der Waals surface area contributed by atoms with E-state index < -0.39 is 10.0 Å². The topological polar surface area (TPSA) is 89.3 Å². The number of carbonyl (C=O) groups excluding carboxylic acids is 1. The van der Waals surface area contributed by atoms with Gasteiger partial charge < -0.3 is 5.32 Å². The highest BCUT2D eigenvalue weighted by molar-refractivity contribution is 7.99. The third-order valence-electron chi connectivity index (χ3n) is 4.61. The van der Waals surface area contributed by atoms with Crippen molar-refractivity contribution >= 4 is 33.4 Å². The van der Waals surface area contributed by atoms with Crippen molar-refractivity contribution in [2.75, 3.05) is 5.32 Å². The number of hydrogen-bond donors (Lipinski definition) is 2. The van der Waals surface area contributed by atoms with E-state index in [2.05, 4.69) is 37.4 Å². The molecule has 0 unspecified atom stereocenters. The first kappa shape index (κ1) is 21.1. The number of anilines is 1. The summed E-state index contributed by atoms with van der Waals surface area (Å²) < 4.78 is 23.1. The number of rotatable bonds is 5. The number of benzene rings is 3. The van der Waals surface area contributed by atoms with Crippen LogP contribution in [-0.4, -0.2) is 14.3 Å². The van der Waals surface area contributed by atoms with E-state index >= 15 is 0 Å². The minimum Gasteiger partial charge on any atom is -0.322 e. The maximum atomic E-state index is 12.6. The summed E-state index contributed by atoms with van der Waals surface area (Å²) in [5, 5.41) is 7.97. The molecule has 0 aromatic heterocycles. The monoisotopic (exact) mass is 426 g/mol. The smallest absolute Gasteiger partial charge is 0.255 e. The van der Waals surface area contributed by atoms with Crippen LogP contribution in [0.5, 0.6) is 0 Å². The van der Waals surface area contributed by atoms with Crippen molar-refractivity contribution in [2.45, 2.75) is 35.5 Å². The lowest BCUT2D eigenvalue weighted by atomic mass is 10.1. The quantitative estimate of drug-likeness (QED) is 0.621. The highest BCUT2D eigenvalue weighted by Gasteiger charge is 2.15. The Balaban J connectivity index is 1.74. The normalized spacial score (nSPS) is 11.3. The van der Waals surface area contributed by atoms with Crippen LogP contribution < -0.4 is 10.5 Å². The van der Waals surface area contributed by atoms with Gasteiger partial charge in [0.1, 0.15) is 0 Å². The molecule has 29 heavy (non-hydrogen) atoms. The van der Waals surface area contributed by atoms with Gasteiger partial charge in [0.2, 0.25) is 10.0 Å². The molecule has 3 aromatic carbocycles. The molecule has 0 atom stereocenters. The fourth-order valence-electron chi connectivity index (χ4n) is 2.74. The molecule has 0 fully saturated rings. The number of amides is 1. The molecule has 7 heteroatoms. The third kappa shape index (κ3) is 5.26. The van der Waals surface area contributed by atoms with Crippen molar-refractivity contribution in [3.05, 3.63) is 82.9 Å². The molecule has 0 aliphatic rings. The van der Waals surface area contributed by atoms with E-state index in [0.717, 1.165) is 9.79 Å². The van der Waals surface area contributed by atoms with Gasteiger partial charge in [-0.3, -0.25) is 4.79 Å². The summed E-state index contributed by atoms with van der Waals surface area (Å²) >= 11 is 1.65. The molecule has 3 rings (SSSR count). The summed E-state index contributed by atoms with van der Waals surface area (Å²) in [5.41, 5.74) is 4.06. The van der Waals surface area contributed by atoms with Crippen molar-refractivity contribution < 1.29 is 13.2 Å². The molecule has 0 radical (unpaired) electrons. The first-order chi connectivity index (χ1) is 13.6. The van der Waals surface area contributed by atoms with Gasteiger partial charge in [-0.25, -0.2) is 13.6 Å². The van der Waals surface area contributed by atoms with Crippen molar-refractivity contribution in [1.82, 2.24) is 0 Å². The molecular formula is C22H22N2O3S2. The summed E-state index contributed by atoms with van der Waals surface area (Å²) in [6, 6.07) is 18.1. The Morgan fingerprint density at radius 2 is 1.45 bits per heavy atom. The van der Waals surface area contributed by atoms with Crippen molar-refractivity contribution in [1.29, 1.82) is 0 Å². The fraction of sp³-hybridized carbons (Fsp3) is 0.136. The number of carbonyl (C=O) groups is 1. The summed E-state index contributed by atoms with van der Waals surface area (Å²) in [5.74, 6) is -0.387. The van der Waals surface area contributed by atoms with Crippen LogP contribution in [0.1, 0.15) is 27.0 Å². The van der Waals surface area contributed by atoms with Crippen LogP contribution in [0, 0.1) is 20.8 Å². The van der Waals surface area contributed by atoms with E-state index in [-0.39, 0.29) is 16.4 Å². The van der Waals surface area contributed by atoms with Gasteiger partial charge in [-0.2, -0.15) is 0 Å². The zero-order chi connectivity index (χ0) is 21.2. The van der Waals surface area contributed by atoms with Gasteiger partial charge in [0.25, 0.3) is 5.91 Å². The maximum absolute atomic E-state index is 12.6. The summed E-state index contributed by atoms with van der Waals surface area (Å²) in [7, 11) is -3.87. The Labute approximate surface area is 175 Å². The van der Waals surface area contributed by atoms with Crippen LogP contribution >= 0.6 is 11.8 Å². The zero-order valence-electron chi connectivity index (χ0n) is 16.4. The molecule has 3 aromatic rings. The van der Waals surface area contributed by atoms with Crippen LogP contribution in [0.15, 0.2) is 75.4 Å². The van der Waals surface area contributed by atoms with Crippen molar-refractivity contribution in [2.24, 2.45) is 5.14 Å². The highest BCUT2D eigenvalue weighted by Crippen LogP contribution is 2.30. The van der Waals surface area contributed by atoms with Crippen LogP contribution in [-0.2, 0) is 10.0 Å². The summed E-state index contributed by atoms with van der Waals surface area (Å²) in [4.78, 5) is 14.7. The van der Waals surface area contributed by atoms with Crippen LogP contribution in [0.2, 0.25) is 0 Å². The summed E-state index contributed by atoms with van der Waals surface area (Å²) in [6.45, 7) is 5.91. The molecule has 0 aliphatic carbocycles. The predicted octanol–water partition coefficient (Wildman–Crippen LogP) is 4.66. The first-order valence-corrected chi connectivity index (χ1v) is 11.3. The molecule has 0 aliphatic heterocycles. The number of sulfonamides is 1. The van der Waals surface area contributed by atoms with Gasteiger partial charge in [0.05, 0.1) is 4.90 Å². The van der Waals surface area contributed by atoms with E-state index in [4.69, 9.17) is 5.14 Å². The lowest BCUT2D eigenvalue weighted by molar-refractivity contribution is 0.102. The Morgan fingerprint density at radius 3 is 2.07 bits per heavy atom. The zero-order valence-corrected chi connectivity index (χ0v) is 18.0. The Kier molecular flexibility index (Phi) is 6.12. The number of nitrogens with one attached hydrogen (secondary N) is 1. The average Bonchev–Trinajstić information content (AvgIpc) is 2.65. The van der Waals surface area contributed by atoms with Gasteiger partial charge in [0, 0.05) is 21.0 Å². The fourth-order valence-corrected chi connectivity index (χ4v) is 4.20. The second kappa shape index (κ2) is 8.41. The van der Waals surface area contributed by atoms with Crippen LogP contribution in [0.4, 0.5) is 5.69 Å². The van der Waals surface area contributed by atoms with Crippen molar-refractivity contribution in [3.63, 3.8) is 0 Å². The molecule has 0 spiro atoms. The SMILES string of the molecule is Cc1ccc(Sc2ccc(NC(=O)c3cc(S(N)(=O)=O)ccc3C)cc2)cc1C. The van der Waals surface area contributed by atoms with Gasteiger partial charge >= 0.3 is 0 Å². The molecule has 0 saturated carbocycles. The first-order valence-electron chi connectivity index (χ1n) is 8.93. The molecule has 150 valence electrons. The number of aryl methyl sites for hydroxylation is 3. The van der Waals surface area contributed by atoms with Gasteiger partial charge in [0.15, 0.2) is 0 Å². The second-order valence-electron chi connectivity index (χ2n) is 6.85. The Hall–Kier alpha value is -2.61. The molecular weight excluding hydrogens is 404 g/mol. The minimum atomic E-state index is -3.87. The number of primary sulfonamides is 1. The Bertz CT molecular complexity index is 1170. The standard InChI is InChI=1S/C22H22N2O3S2/c1-14-4-8-19(12-16(14)3)28-18-9-6-17(7-10-18)24-22(25)21-13-20(29(23,26)27)11-5-15(21)2/h4-13H,1-3H3,(H,24,25)(H2,23,26,27). The minimum absolute atomic E-state index is 0.0895. The largest absolute Gasteiger partial charge is 0.322 e. The average molecular weight is 427 g/mol. The second-order valence-corrected chi connectivity index (χ2v) is 9.56. The van der Waals surface area contributed by atoms with Gasteiger partial charge in [-0.1, -0.05) is 23.9 Å². The van der Waals surface area contributed by atoms with E-state index in [1.807, 2.05) is 24.3 Å². The number of hydrogen-bond acceptors (Lipinski definition) is 4. The van der Waals surface area contributed by atoms with Gasteiger partial charge in [-0.15, -0.1) is 0 Å². The number of nitrogens with two attached hydrogens (primary N) is 1. The molecule has 0 heterocycles. The van der Waals surface area contributed by atoms with E-state index in [1.54, 1.807) is 24.8 Å². The van der Waals surface area contributed by atoms with E-state index in [1.165, 1.54) is 23.3 Å². The highest BCUT2D eigenvalue weighted by atomic mass is 32.2. The Morgan fingerprint density at radius 1 is 0.828 bits per heavy atom. The molecule has 3 N–H and O–H groups in total. The summed E-state index contributed by atoms with van der Waals surface area (Å²) in [6.07, 6.45) is 0. The van der Waals surface area contributed by atoms with E-state index in [9.17, 15) is 13.2 Å².